The molecule has 36 heavy (non-hydrogen) atoms. The van der Waals surface area contributed by atoms with Gasteiger partial charge >= 0.3 is 0 Å². The lowest BCUT2D eigenvalue weighted by Crippen LogP contribution is -2.23. The summed E-state index contributed by atoms with van der Waals surface area (Å²) < 4.78 is 22.6. The van der Waals surface area contributed by atoms with E-state index in [4.69, 9.17) is 4.74 Å². The minimum Gasteiger partial charge on any atom is -0.473 e. The number of benzene rings is 2. The molecule has 186 valence electrons. The Bertz CT molecular complexity index is 1420. The lowest BCUT2D eigenvalue weighted by Gasteiger charge is -2.16. The van der Waals surface area contributed by atoms with Crippen LogP contribution in [0.3, 0.4) is 0 Å². The minimum absolute atomic E-state index is 0.153. The molecule has 4 aromatic rings. The van der Waals surface area contributed by atoms with Crippen molar-refractivity contribution in [2.75, 3.05) is 11.4 Å². The van der Waals surface area contributed by atoms with E-state index in [0.29, 0.717) is 18.7 Å². The molecule has 0 N–H and O–H groups in total. The first-order chi connectivity index (χ1) is 17.5. The van der Waals surface area contributed by atoms with Crippen molar-refractivity contribution in [1.29, 1.82) is 0 Å². The number of anilines is 1. The molecule has 2 aromatic heterocycles. The Balaban J connectivity index is 1.48. The zero-order valence-electron chi connectivity index (χ0n) is 20.3. The highest BCUT2D eigenvalue weighted by atomic mass is 19.1. The first-order valence-electron chi connectivity index (χ1n) is 12.4. The Hall–Kier alpha value is -3.94. The predicted octanol–water partition coefficient (Wildman–Crippen LogP) is 5.20. The van der Waals surface area contributed by atoms with E-state index in [0.717, 1.165) is 54.7 Å². The minimum atomic E-state index is -0.311. The molecule has 0 bridgehead atoms. The van der Waals surface area contributed by atoms with Crippen LogP contribution in [0, 0.1) is 5.82 Å². The number of rotatable bonds is 9. The molecule has 3 heterocycles. The number of unbranched alkanes of at least 4 members (excludes halogenated alkanes) is 2. The van der Waals surface area contributed by atoms with Gasteiger partial charge in [0.25, 0.3) is 5.56 Å². The van der Waals surface area contributed by atoms with Crippen molar-refractivity contribution in [1.82, 2.24) is 14.0 Å². The second kappa shape index (κ2) is 10.4. The first-order valence-corrected chi connectivity index (χ1v) is 12.4. The number of carbonyl (C=O) groups is 1. The molecule has 1 amide bonds. The van der Waals surface area contributed by atoms with Crippen LogP contribution in [0.2, 0.25) is 0 Å². The van der Waals surface area contributed by atoms with Crippen molar-refractivity contribution in [2.24, 2.45) is 0 Å². The monoisotopic (exact) mass is 488 g/mol. The summed E-state index contributed by atoms with van der Waals surface area (Å²) in [6.45, 7) is 3.79. The van der Waals surface area contributed by atoms with Gasteiger partial charge in [0.15, 0.2) is 0 Å². The molecule has 0 saturated carbocycles. The van der Waals surface area contributed by atoms with Crippen LogP contribution >= 0.6 is 0 Å². The molecule has 7 nitrogen and oxygen atoms in total. The van der Waals surface area contributed by atoms with E-state index in [-0.39, 0.29) is 29.8 Å². The number of ether oxygens (including phenoxy) is 1. The highest BCUT2D eigenvalue weighted by Gasteiger charge is 2.22. The third kappa shape index (κ3) is 4.89. The molecule has 0 atom stereocenters. The number of amides is 1. The van der Waals surface area contributed by atoms with Crippen LogP contribution in [-0.4, -0.2) is 26.4 Å². The number of carbonyl (C=O) groups excluding carboxylic acids is 1. The van der Waals surface area contributed by atoms with Crippen molar-refractivity contribution in [3.8, 4) is 17.1 Å². The van der Waals surface area contributed by atoms with Gasteiger partial charge in [0, 0.05) is 31.4 Å². The van der Waals surface area contributed by atoms with Crippen LogP contribution in [-0.2, 0) is 17.9 Å². The SMILES string of the molecule is CCCCCn1c(-c2ccc(N3CCCC3=O)cc2)cn2c(=O)cc(OCc3ccc(F)cc3)nc12. The molecule has 0 radical (unpaired) electrons. The van der Waals surface area contributed by atoms with Gasteiger partial charge in [-0.2, -0.15) is 4.98 Å². The summed E-state index contributed by atoms with van der Waals surface area (Å²) in [7, 11) is 0. The lowest BCUT2D eigenvalue weighted by atomic mass is 10.1. The standard InChI is InChI=1S/C28H29FN4O3/c1-2-3-4-15-32-24(21-9-13-23(14-10-21)31-16-5-6-26(31)34)18-33-27(35)17-25(30-28(32)33)36-19-20-7-11-22(29)12-8-20/h7-14,17-18H,2-6,15-16,19H2,1H3. The second-order valence-electron chi connectivity index (χ2n) is 9.09. The quantitative estimate of drug-likeness (QED) is 0.304. The first kappa shape index (κ1) is 23.8. The number of hydrogen-bond donors (Lipinski definition) is 0. The van der Waals surface area contributed by atoms with Crippen LogP contribution in [0.15, 0.2) is 65.6 Å². The number of hydrogen-bond acceptors (Lipinski definition) is 4. The summed E-state index contributed by atoms with van der Waals surface area (Å²) in [5, 5.41) is 0. The van der Waals surface area contributed by atoms with Crippen molar-refractivity contribution < 1.29 is 13.9 Å². The maximum Gasteiger partial charge on any atom is 0.262 e. The fraction of sp³-hybridized carbons (Fsp3) is 0.321. The molecule has 1 aliphatic rings. The topological polar surface area (TPSA) is 68.8 Å². The number of halogens is 1. The van der Waals surface area contributed by atoms with E-state index in [1.807, 2.05) is 35.4 Å². The Morgan fingerprint density at radius 3 is 2.50 bits per heavy atom. The Labute approximate surface area is 208 Å². The second-order valence-corrected chi connectivity index (χ2v) is 9.09. The van der Waals surface area contributed by atoms with Crippen LogP contribution in [0.4, 0.5) is 10.1 Å². The van der Waals surface area contributed by atoms with E-state index in [1.165, 1.54) is 18.2 Å². The Morgan fingerprint density at radius 1 is 1.03 bits per heavy atom. The van der Waals surface area contributed by atoms with Crippen molar-refractivity contribution in [3.05, 3.63) is 82.5 Å². The molecule has 8 heteroatoms. The predicted molar refractivity (Wildman–Crippen MR) is 137 cm³/mol. The van der Waals surface area contributed by atoms with Gasteiger partial charge in [-0.25, -0.2) is 4.39 Å². The zero-order chi connectivity index (χ0) is 25.1. The van der Waals surface area contributed by atoms with Gasteiger partial charge in [-0.15, -0.1) is 0 Å². The summed E-state index contributed by atoms with van der Waals surface area (Å²) in [4.78, 5) is 31.6. The maximum absolute atomic E-state index is 13.2. The van der Waals surface area contributed by atoms with Gasteiger partial charge in [0.05, 0.1) is 11.8 Å². The summed E-state index contributed by atoms with van der Waals surface area (Å²) in [6, 6.07) is 15.3. The molecule has 1 aliphatic heterocycles. The third-order valence-electron chi connectivity index (χ3n) is 6.53. The van der Waals surface area contributed by atoms with Gasteiger partial charge in [0.1, 0.15) is 12.4 Å². The molecule has 0 spiro atoms. The molecular weight excluding hydrogens is 459 g/mol. The molecule has 1 saturated heterocycles. The average Bonchev–Trinajstić information content (AvgIpc) is 3.48. The molecule has 0 unspecified atom stereocenters. The summed E-state index contributed by atoms with van der Waals surface area (Å²) in [6.07, 6.45) is 6.37. The lowest BCUT2D eigenvalue weighted by molar-refractivity contribution is -0.117. The van der Waals surface area contributed by atoms with Crippen molar-refractivity contribution >= 4 is 17.4 Å². The third-order valence-corrected chi connectivity index (χ3v) is 6.53. The number of imidazole rings is 1. The van der Waals surface area contributed by atoms with Crippen LogP contribution in [0.25, 0.3) is 17.0 Å². The van der Waals surface area contributed by atoms with E-state index >= 15 is 0 Å². The molecule has 2 aromatic carbocycles. The summed E-state index contributed by atoms with van der Waals surface area (Å²) >= 11 is 0. The van der Waals surface area contributed by atoms with E-state index in [1.54, 1.807) is 16.5 Å². The van der Waals surface area contributed by atoms with E-state index < -0.39 is 0 Å². The van der Waals surface area contributed by atoms with Gasteiger partial charge < -0.3 is 14.2 Å². The van der Waals surface area contributed by atoms with Crippen LogP contribution in [0.5, 0.6) is 5.88 Å². The van der Waals surface area contributed by atoms with Crippen molar-refractivity contribution in [2.45, 2.75) is 52.2 Å². The van der Waals surface area contributed by atoms with Gasteiger partial charge in [0.2, 0.25) is 17.6 Å². The maximum atomic E-state index is 13.2. The van der Waals surface area contributed by atoms with Crippen molar-refractivity contribution in [3.63, 3.8) is 0 Å². The Morgan fingerprint density at radius 2 is 1.81 bits per heavy atom. The van der Waals surface area contributed by atoms with Crippen LogP contribution in [0.1, 0.15) is 44.6 Å². The highest BCUT2D eigenvalue weighted by molar-refractivity contribution is 5.95. The average molecular weight is 489 g/mol. The van der Waals surface area contributed by atoms with E-state index in [2.05, 4.69) is 16.5 Å². The molecule has 0 aliphatic carbocycles. The largest absolute Gasteiger partial charge is 0.473 e. The number of aromatic nitrogens is 3. The summed E-state index contributed by atoms with van der Waals surface area (Å²) in [5.74, 6) is 0.588. The fourth-order valence-corrected chi connectivity index (χ4v) is 4.59. The van der Waals surface area contributed by atoms with E-state index in [9.17, 15) is 14.0 Å². The van der Waals surface area contributed by atoms with Gasteiger partial charge in [-0.3, -0.25) is 14.0 Å². The number of nitrogens with zero attached hydrogens (tertiary/aromatic N) is 4. The highest BCUT2D eigenvalue weighted by Crippen LogP contribution is 2.28. The fourth-order valence-electron chi connectivity index (χ4n) is 4.59. The Kier molecular flexibility index (Phi) is 6.84. The summed E-state index contributed by atoms with van der Waals surface area (Å²) in [5.41, 5.74) is 3.27. The molecule has 1 fully saturated rings. The zero-order valence-corrected chi connectivity index (χ0v) is 20.3. The van der Waals surface area contributed by atoms with Gasteiger partial charge in [-0.1, -0.05) is 44.0 Å². The van der Waals surface area contributed by atoms with Crippen LogP contribution < -0.4 is 15.2 Å². The smallest absolute Gasteiger partial charge is 0.262 e. The molecule has 5 rings (SSSR count). The number of fused-ring (bicyclic) bond motifs is 1. The number of aryl methyl sites for hydroxylation is 1. The van der Waals surface area contributed by atoms with Gasteiger partial charge in [-0.05, 0) is 48.2 Å². The normalized spacial score (nSPS) is 13.6. The molecular formula is C28H29FN4O3.